The van der Waals surface area contributed by atoms with Crippen LogP contribution in [0.4, 0.5) is 0 Å². The Labute approximate surface area is 145 Å². The second kappa shape index (κ2) is 7.02. The number of H-pyrrole nitrogens is 1. The molecule has 0 radical (unpaired) electrons. The molecule has 0 spiro atoms. The Morgan fingerprint density at radius 1 is 1.19 bits per heavy atom. The fraction of sp³-hybridized carbons (Fsp3) is 0.375. The second-order valence-corrected chi connectivity index (χ2v) is 5.85. The van der Waals surface area contributed by atoms with E-state index >= 15 is 0 Å². The number of benzene rings is 1. The number of carboxylic acid groups (broad SMARTS) is 1. The summed E-state index contributed by atoms with van der Waals surface area (Å²) in [5.74, 6) is -1.35. The maximum Gasteiger partial charge on any atom is 0.352 e. The van der Waals surface area contributed by atoms with Crippen molar-refractivity contribution in [1.29, 1.82) is 0 Å². The van der Waals surface area contributed by atoms with Gasteiger partial charge in [0.25, 0.3) is 0 Å². The molecule has 0 aliphatic carbocycles. The molecule has 3 rings (SSSR count). The normalized spacial score (nSPS) is 28.8. The van der Waals surface area contributed by atoms with Crippen LogP contribution in [0.25, 0.3) is 10.9 Å². The molecule has 2 unspecified atom stereocenters. The third kappa shape index (κ3) is 3.16. The van der Waals surface area contributed by atoms with Crippen LogP contribution in [-0.2, 0) is 4.74 Å². The van der Waals surface area contributed by atoms with E-state index < -0.39 is 48.7 Å². The van der Waals surface area contributed by atoms with Crippen LogP contribution in [0.3, 0.4) is 0 Å². The Morgan fingerprint density at radius 3 is 2.58 bits per heavy atom. The van der Waals surface area contributed by atoms with Crippen molar-refractivity contribution in [3.8, 4) is 5.75 Å². The van der Waals surface area contributed by atoms with Crippen LogP contribution < -0.4 is 10.2 Å². The molecule has 5 atom stereocenters. The lowest BCUT2D eigenvalue weighted by Crippen LogP contribution is -2.60. The highest BCUT2D eigenvalue weighted by molar-refractivity contribution is 5.91. The highest BCUT2D eigenvalue weighted by Gasteiger charge is 2.44. The van der Waals surface area contributed by atoms with E-state index in [2.05, 4.69) is 4.98 Å². The standard InChI is InChI=1S/C16H17NO9/c18-5-10-12(20)13(21)14(22)16(26-10)25-9-3-1-2-6-8(19)4-7(15(23)24)17-11(6)9/h1-4,10,12-14,16,18,20-22H,5H2,(H,17,19)(H,23,24)/t10?,12-,13+,14?,16-/m1/s1. The van der Waals surface area contributed by atoms with Gasteiger partial charge in [0.05, 0.1) is 12.1 Å². The molecule has 10 nitrogen and oxygen atoms in total. The number of aromatic carboxylic acids is 1. The molecule has 1 aromatic heterocycles. The van der Waals surface area contributed by atoms with Gasteiger partial charge in [-0.1, -0.05) is 6.07 Å². The first-order valence-corrected chi connectivity index (χ1v) is 7.70. The number of ether oxygens (including phenoxy) is 2. The van der Waals surface area contributed by atoms with Crippen LogP contribution in [0.1, 0.15) is 10.5 Å². The predicted molar refractivity (Wildman–Crippen MR) is 85.9 cm³/mol. The van der Waals surface area contributed by atoms with Crippen molar-refractivity contribution in [1.82, 2.24) is 4.98 Å². The number of carbonyl (C=O) groups is 1. The predicted octanol–water partition coefficient (Wildman–Crippen LogP) is -1.60. The number of carboxylic acids is 1. The molecular formula is C16H17NO9. The molecule has 0 saturated carbocycles. The minimum absolute atomic E-state index is 0.00738. The van der Waals surface area contributed by atoms with Crippen LogP contribution in [-0.4, -0.2) is 73.8 Å². The van der Waals surface area contributed by atoms with Crippen LogP contribution in [0.15, 0.2) is 29.1 Å². The number of nitrogens with one attached hydrogen (secondary N) is 1. The first-order chi connectivity index (χ1) is 12.3. The number of para-hydroxylation sites is 1. The quantitative estimate of drug-likeness (QED) is 0.373. The lowest BCUT2D eigenvalue weighted by Gasteiger charge is -2.39. The van der Waals surface area contributed by atoms with Gasteiger partial charge in [-0.25, -0.2) is 4.79 Å². The smallest absolute Gasteiger partial charge is 0.352 e. The number of rotatable bonds is 4. The molecule has 1 saturated heterocycles. The van der Waals surface area contributed by atoms with E-state index in [1.54, 1.807) is 0 Å². The molecule has 2 aromatic rings. The number of aromatic amines is 1. The number of aliphatic hydroxyl groups excluding tert-OH is 4. The fourth-order valence-corrected chi connectivity index (χ4v) is 2.75. The van der Waals surface area contributed by atoms with E-state index in [1.165, 1.54) is 18.2 Å². The summed E-state index contributed by atoms with van der Waals surface area (Å²) in [7, 11) is 0. The minimum Gasteiger partial charge on any atom is -0.477 e. The Kier molecular flexibility index (Phi) is 4.94. The summed E-state index contributed by atoms with van der Waals surface area (Å²) < 4.78 is 10.8. The molecule has 0 amide bonds. The van der Waals surface area contributed by atoms with Gasteiger partial charge in [-0.3, -0.25) is 4.79 Å². The van der Waals surface area contributed by atoms with Gasteiger partial charge in [0, 0.05) is 11.5 Å². The lowest BCUT2D eigenvalue weighted by molar-refractivity contribution is -0.277. The average Bonchev–Trinajstić information content (AvgIpc) is 2.62. The number of aliphatic hydroxyl groups is 4. The summed E-state index contributed by atoms with van der Waals surface area (Å²) in [4.78, 5) is 25.8. The van der Waals surface area contributed by atoms with Crippen LogP contribution in [0.5, 0.6) is 5.75 Å². The van der Waals surface area contributed by atoms with Crippen molar-refractivity contribution in [3.05, 3.63) is 40.2 Å². The van der Waals surface area contributed by atoms with Gasteiger partial charge in [0.1, 0.15) is 35.9 Å². The molecule has 140 valence electrons. The lowest BCUT2D eigenvalue weighted by atomic mass is 9.99. The second-order valence-electron chi connectivity index (χ2n) is 5.85. The third-order valence-electron chi connectivity index (χ3n) is 4.15. The average molecular weight is 367 g/mol. The number of aromatic nitrogens is 1. The van der Waals surface area contributed by atoms with Gasteiger partial charge < -0.3 is 40.0 Å². The van der Waals surface area contributed by atoms with E-state index in [-0.39, 0.29) is 22.3 Å². The van der Waals surface area contributed by atoms with Crippen LogP contribution in [0.2, 0.25) is 0 Å². The Bertz CT molecular complexity index is 878. The van der Waals surface area contributed by atoms with E-state index in [4.69, 9.17) is 14.6 Å². The fourth-order valence-electron chi connectivity index (χ4n) is 2.75. The molecule has 1 aromatic carbocycles. The molecular weight excluding hydrogens is 350 g/mol. The van der Waals surface area contributed by atoms with Crippen LogP contribution in [0, 0.1) is 0 Å². The molecule has 1 fully saturated rings. The SMILES string of the molecule is O=C(O)c1cc(=O)c2cccc(O[C@@H]3OC(CO)[C@@H](O)[C@H](O)C3O)c2[nH]1. The van der Waals surface area contributed by atoms with Crippen molar-refractivity contribution in [2.24, 2.45) is 0 Å². The van der Waals surface area contributed by atoms with Gasteiger partial charge >= 0.3 is 5.97 Å². The van der Waals surface area contributed by atoms with E-state index in [1.807, 2.05) is 0 Å². The zero-order valence-electron chi connectivity index (χ0n) is 13.3. The maximum absolute atomic E-state index is 12.1. The van der Waals surface area contributed by atoms with Gasteiger partial charge in [-0.2, -0.15) is 0 Å². The van der Waals surface area contributed by atoms with Crippen LogP contribution >= 0.6 is 0 Å². The van der Waals surface area contributed by atoms with E-state index in [0.29, 0.717) is 0 Å². The number of fused-ring (bicyclic) bond motifs is 1. The highest BCUT2D eigenvalue weighted by atomic mass is 16.7. The molecule has 2 heterocycles. The summed E-state index contributed by atoms with van der Waals surface area (Å²) in [6, 6.07) is 5.28. The monoisotopic (exact) mass is 367 g/mol. The summed E-state index contributed by atoms with van der Waals surface area (Å²) in [5.41, 5.74) is -0.836. The largest absolute Gasteiger partial charge is 0.477 e. The summed E-state index contributed by atoms with van der Waals surface area (Å²) in [6.45, 7) is -0.625. The first-order valence-electron chi connectivity index (χ1n) is 7.70. The summed E-state index contributed by atoms with van der Waals surface area (Å²) in [6.07, 6.45) is -7.44. The summed E-state index contributed by atoms with van der Waals surface area (Å²) in [5, 5.41) is 48.1. The first kappa shape index (κ1) is 18.3. The summed E-state index contributed by atoms with van der Waals surface area (Å²) >= 11 is 0. The Balaban J connectivity index is 2.00. The molecule has 1 aliphatic rings. The zero-order valence-corrected chi connectivity index (χ0v) is 13.3. The molecule has 1 aliphatic heterocycles. The zero-order chi connectivity index (χ0) is 19.0. The van der Waals surface area contributed by atoms with E-state index in [0.717, 1.165) is 6.07 Å². The van der Waals surface area contributed by atoms with Crippen molar-refractivity contribution >= 4 is 16.9 Å². The third-order valence-corrected chi connectivity index (χ3v) is 4.15. The Morgan fingerprint density at radius 2 is 1.92 bits per heavy atom. The molecule has 6 N–H and O–H groups in total. The topological polar surface area (TPSA) is 170 Å². The highest BCUT2D eigenvalue weighted by Crippen LogP contribution is 2.28. The van der Waals surface area contributed by atoms with Crippen molar-refractivity contribution < 1.29 is 39.8 Å². The molecule has 10 heteroatoms. The number of hydrogen-bond donors (Lipinski definition) is 6. The van der Waals surface area contributed by atoms with Crippen molar-refractivity contribution in [2.75, 3.05) is 6.61 Å². The van der Waals surface area contributed by atoms with E-state index in [9.17, 15) is 30.0 Å². The van der Waals surface area contributed by atoms with Crippen molar-refractivity contribution in [2.45, 2.75) is 30.7 Å². The van der Waals surface area contributed by atoms with Gasteiger partial charge in [0.15, 0.2) is 5.43 Å². The number of pyridine rings is 1. The minimum atomic E-state index is -1.64. The molecule has 0 bridgehead atoms. The number of hydrogen-bond acceptors (Lipinski definition) is 8. The van der Waals surface area contributed by atoms with Crippen molar-refractivity contribution in [3.63, 3.8) is 0 Å². The maximum atomic E-state index is 12.1. The van der Waals surface area contributed by atoms with Gasteiger partial charge in [0.2, 0.25) is 6.29 Å². The van der Waals surface area contributed by atoms with Gasteiger partial charge in [-0.15, -0.1) is 0 Å². The van der Waals surface area contributed by atoms with Gasteiger partial charge in [-0.05, 0) is 12.1 Å². The molecule has 26 heavy (non-hydrogen) atoms. The Hall–Kier alpha value is -2.50.